The molecule has 2 nitrogen and oxygen atoms in total. The van der Waals surface area contributed by atoms with Crippen molar-refractivity contribution >= 4 is 21.6 Å². The zero-order chi connectivity index (χ0) is 13.1. The molecule has 0 aromatic heterocycles. The van der Waals surface area contributed by atoms with Gasteiger partial charge in [-0.05, 0) is 49.8 Å². The van der Waals surface area contributed by atoms with Crippen molar-refractivity contribution in [1.82, 2.24) is 0 Å². The van der Waals surface area contributed by atoms with Crippen molar-refractivity contribution in [1.29, 1.82) is 0 Å². The third-order valence-electron chi connectivity index (χ3n) is 3.73. The van der Waals surface area contributed by atoms with Gasteiger partial charge in [-0.1, -0.05) is 28.9 Å². The molecule has 1 unspecified atom stereocenters. The second-order valence-corrected chi connectivity index (χ2v) is 6.48. The molecule has 1 aliphatic rings. The van der Waals surface area contributed by atoms with E-state index < -0.39 is 0 Å². The first kappa shape index (κ1) is 13.9. The Morgan fingerprint density at radius 3 is 2.61 bits per heavy atom. The minimum absolute atomic E-state index is 0.211. The SMILES string of the molecule is CC(N)Cc1ccc(N2CCC(C)CC2)cc1Br. The molecule has 100 valence electrons. The van der Waals surface area contributed by atoms with Crippen molar-refractivity contribution in [2.45, 2.75) is 39.2 Å². The van der Waals surface area contributed by atoms with E-state index in [9.17, 15) is 0 Å². The molecule has 1 fully saturated rings. The summed E-state index contributed by atoms with van der Waals surface area (Å²) in [6.07, 6.45) is 3.54. The van der Waals surface area contributed by atoms with Crippen molar-refractivity contribution in [2.24, 2.45) is 11.7 Å². The first-order valence-electron chi connectivity index (χ1n) is 6.85. The van der Waals surface area contributed by atoms with Crippen LogP contribution in [0.4, 0.5) is 5.69 Å². The van der Waals surface area contributed by atoms with Crippen LogP contribution in [0.25, 0.3) is 0 Å². The Labute approximate surface area is 119 Å². The molecule has 0 amide bonds. The van der Waals surface area contributed by atoms with E-state index in [1.165, 1.54) is 41.7 Å². The van der Waals surface area contributed by atoms with Crippen LogP contribution in [0.15, 0.2) is 22.7 Å². The zero-order valence-electron chi connectivity index (χ0n) is 11.3. The maximum Gasteiger partial charge on any atom is 0.0377 e. The van der Waals surface area contributed by atoms with Gasteiger partial charge in [-0.3, -0.25) is 0 Å². The molecule has 1 atom stereocenters. The lowest BCUT2D eigenvalue weighted by Gasteiger charge is -2.32. The number of nitrogens with two attached hydrogens (primary N) is 1. The summed E-state index contributed by atoms with van der Waals surface area (Å²) in [4.78, 5) is 2.49. The van der Waals surface area contributed by atoms with E-state index in [0.717, 1.165) is 12.3 Å². The molecular weight excluding hydrogens is 288 g/mol. The van der Waals surface area contributed by atoms with Crippen LogP contribution in [-0.2, 0) is 6.42 Å². The summed E-state index contributed by atoms with van der Waals surface area (Å²) in [5, 5.41) is 0. The predicted molar refractivity (Wildman–Crippen MR) is 82.1 cm³/mol. The van der Waals surface area contributed by atoms with Crippen LogP contribution in [0.2, 0.25) is 0 Å². The van der Waals surface area contributed by atoms with Gasteiger partial charge < -0.3 is 10.6 Å². The number of anilines is 1. The number of halogens is 1. The summed E-state index contributed by atoms with van der Waals surface area (Å²) in [5.74, 6) is 0.877. The Morgan fingerprint density at radius 2 is 2.06 bits per heavy atom. The van der Waals surface area contributed by atoms with Crippen LogP contribution in [0, 0.1) is 5.92 Å². The molecule has 3 heteroatoms. The molecule has 18 heavy (non-hydrogen) atoms. The molecule has 0 bridgehead atoms. The van der Waals surface area contributed by atoms with Gasteiger partial charge in [0.25, 0.3) is 0 Å². The fourth-order valence-electron chi connectivity index (χ4n) is 2.51. The zero-order valence-corrected chi connectivity index (χ0v) is 12.9. The largest absolute Gasteiger partial charge is 0.371 e. The van der Waals surface area contributed by atoms with Gasteiger partial charge in [-0.25, -0.2) is 0 Å². The van der Waals surface area contributed by atoms with Crippen molar-refractivity contribution in [3.8, 4) is 0 Å². The van der Waals surface area contributed by atoms with E-state index in [2.05, 4.69) is 46.0 Å². The highest BCUT2D eigenvalue weighted by Crippen LogP contribution is 2.28. The second-order valence-electron chi connectivity index (χ2n) is 5.63. The molecule has 1 aromatic carbocycles. The van der Waals surface area contributed by atoms with Crippen molar-refractivity contribution in [3.05, 3.63) is 28.2 Å². The first-order valence-corrected chi connectivity index (χ1v) is 7.64. The third kappa shape index (κ3) is 3.48. The third-order valence-corrected chi connectivity index (χ3v) is 4.47. The summed E-state index contributed by atoms with van der Waals surface area (Å²) in [7, 11) is 0. The molecule has 0 spiro atoms. The highest BCUT2D eigenvalue weighted by Gasteiger charge is 2.16. The van der Waals surface area contributed by atoms with Gasteiger partial charge in [-0.15, -0.1) is 0 Å². The average Bonchev–Trinajstić information content (AvgIpc) is 2.32. The molecule has 1 saturated heterocycles. The number of piperidine rings is 1. The van der Waals surface area contributed by atoms with Crippen LogP contribution < -0.4 is 10.6 Å². The van der Waals surface area contributed by atoms with E-state index in [1.54, 1.807) is 0 Å². The van der Waals surface area contributed by atoms with Crippen LogP contribution in [-0.4, -0.2) is 19.1 Å². The van der Waals surface area contributed by atoms with E-state index >= 15 is 0 Å². The highest BCUT2D eigenvalue weighted by atomic mass is 79.9. The van der Waals surface area contributed by atoms with Crippen molar-refractivity contribution in [2.75, 3.05) is 18.0 Å². The number of hydrogen-bond acceptors (Lipinski definition) is 2. The van der Waals surface area contributed by atoms with E-state index in [4.69, 9.17) is 5.73 Å². The molecule has 0 saturated carbocycles. The number of rotatable bonds is 3. The summed E-state index contributed by atoms with van der Waals surface area (Å²) < 4.78 is 1.19. The van der Waals surface area contributed by atoms with E-state index in [0.29, 0.717) is 0 Å². The van der Waals surface area contributed by atoms with E-state index in [-0.39, 0.29) is 6.04 Å². The molecule has 2 rings (SSSR count). The normalized spacial score (nSPS) is 19.0. The molecule has 1 aliphatic heterocycles. The minimum atomic E-state index is 0.211. The smallest absolute Gasteiger partial charge is 0.0377 e. The Kier molecular flexibility index (Phi) is 4.68. The minimum Gasteiger partial charge on any atom is -0.371 e. The average molecular weight is 311 g/mol. The molecular formula is C15H23BrN2. The van der Waals surface area contributed by atoms with E-state index in [1.807, 2.05) is 6.92 Å². The molecule has 2 N–H and O–H groups in total. The Balaban J connectivity index is 2.08. The second kappa shape index (κ2) is 6.07. The Morgan fingerprint density at radius 1 is 1.39 bits per heavy atom. The fraction of sp³-hybridized carbons (Fsp3) is 0.600. The lowest BCUT2D eigenvalue weighted by Crippen LogP contribution is -2.32. The van der Waals surface area contributed by atoms with Crippen LogP contribution in [0.1, 0.15) is 32.3 Å². The first-order chi connectivity index (χ1) is 8.56. The van der Waals surface area contributed by atoms with Crippen LogP contribution >= 0.6 is 15.9 Å². The summed E-state index contributed by atoms with van der Waals surface area (Å²) >= 11 is 3.67. The lowest BCUT2D eigenvalue weighted by atomic mass is 9.98. The predicted octanol–water partition coefficient (Wildman–Crippen LogP) is 3.58. The van der Waals surface area contributed by atoms with Crippen LogP contribution in [0.3, 0.4) is 0 Å². The van der Waals surface area contributed by atoms with Gasteiger partial charge in [0.2, 0.25) is 0 Å². The molecule has 0 aliphatic carbocycles. The van der Waals surface area contributed by atoms with Gasteiger partial charge in [0, 0.05) is 29.3 Å². The number of nitrogens with zero attached hydrogens (tertiary/aromatic N) is 1. The van der Waals surface area contributed by atoms with Gasteiger partial charge in [0.05, 0.1) is 0 Å². The van der Waals surface area contributed by atoms with Crippen molar-refractivity contribution < 1.29 is 0 Å². The monoisotopic (exact) mass is 310 g/mol. The van der Waals surface area contributed by atoms with Crippen LogP contribution in [0.5, 0.6) is 0 Å². The van der Waals surface area contributed by atoms with Crippen molar-refractivity contribution in [3.63, 3.8) is 0 Å². The molecule has 1 aromatic rings. The van der Waals surface area contributed by atoms with Gasteiger partial charge in [0.15, 0.2) is 0 Å². The fourth-order valence-corrected chi connectivity index (χ4v) is 3.04. The Hall–Kier alpha value is -0.540. The summed E-state index contributed by atoms with van der Waals surface area (Å²) in [5.41, 5.74) is 8.50. The number of hydrogen-bond donors (Lipinski definition) is 1. The Bertz CT molecular complexity index is 395. The lowest BCUT2D eigenvalue weighted by molar-refractivity contribution is 0.438. The summed E-state index contributed by atoms with van der Waals surface area (Å²) in [6, 6.07) is 6.90. The standard InChI is InChI=1S/C15H23BrN2/c1-11-5-7-18(8-6-11)14-4-3-13(9-12(2)17)15(16)10-14/h3-4,10-12H,5-9,17H2,1-2H3. The van der Waals surface area contributed by atoms with Gasteiger partial charge in [-0.2, -0.15) is 0 Å². The topological polar surface area (TPSA) is 29.3 Å². The quantitative estimate of drug-likeness (QED) is 0.924. The maximum atomic E-state index is 5.86. The van der Waals surface area contributed by atoms with Gasteiger partial charge >= 0.3 is 0 Å². The highest BCUT2D eigenvalue weighted by molar-refractivity contribution is 9.10. The maximum absolute atomic E-state index is 5.86. The molecule has 1 heterocycles. The number of benzene rings is 1. The van der Waals surface area contributed by atoms with Gasteiger partial charge in [0.1, 0.15) is 0 Å². The summed E-state index contributed by atoms with van der Waals surface area (Å²) in [6.45, 7) is 6.76. The molecule has 0 radical (unpaired) electrons.